The third-order valence-corrected chi connectivity index (χ3v) is 2.78. The molecular weight excluding hydrogens is 228 g/mol. The summed E-state index contributed by atoms with van der Waals surface area (Å²) in [4.78, 5) is 21.1. The second kappa shape index (κ2) is 5.38. The van der Waals surface area contributed by atoms with Crippen LogP contribution in [0, 0.1) is 0 Å². The van der Waals surface area contributed by atoms with Gasteiger partial charge in [-0.25, -0.2) is 0 Å². The maximum atomic E-state index is 10.5. The topological polar surface area (TPSA) is 54.4 Å². The predicted octanol–water partition coefficient (Wildman–Crippen LogP) is 2.39. The fraction of sp³-hybridized carbons (Fsp3) is 0.0667. The maximum Gasteiger partial charge on any atom is 0.150 e. The van der Waals surface area contributed by atoms with Crippen molar-refractivity contribution in [2.24, 2.45) is 0 Å². The van der Waals surface area contributed by atoms with Crippen molar-refractivity contribution >= 4 is 12.6 Å². The SMILES string of the molecule is O=Cc1ccc(C(O)c2ccc(C=O)cc2)cc1. The third-order valence-electron chi connectivity index (χ3n) is 2.78. The molecule has 0 amide bonds. The molecule has 0 unspecified atom stereocenters. The Bertz CT molecular complexity index is 489. The van der Waals surface area contributed by atoms with E-state index in [0.29, 0.717) is 22.3 Å². The van der Waals surface area contributed by atoms with Gasteiger partial charge in [-0.3, -0.25) is 9.59 Å². The van der Waals surface area contributed by atoms with Gasteiger partial charge in [-0.05, 0) is 11.1 Å². The van der Waals surface area contributed by atoms with E-state index in [1.54, 1.807) is 48.5 Å². The van der Waals surface area contributed by atoms with E-state index >= 15 is 0 Å². The highest BCUT2D eigenvalue weighted by Gasteiger charge is 2.09. The number of aliphatic hydroxyl groups is 1. The van der Waals surface area contributed by atoms with Crippen LogP contribution in [0.3, 0.4) is 0 Å². The molecule has 0 fully saturated rings. The van der Waals surface area contributed by atoms with Gasteiger partial charge in [0.25, 0.3) is 0 Å². The molecule has 2 aromatic carbocycles. The highest BCUT2D eigenvalue weighted by Crippen LogP contribution is 2.22. The molecule has 0 bridgehead atoms. The molecule has 0 aliphatic heterocycles. The summed E-state index contributed by atoms with van der Waals surface area (Å²) in [6, 6.07) is 13.5. The van der Waals surface area contributed by atoms with E-state index in [1.165, 1.54) is 0 Å². The molecule has 0 saturated heterocycles. The average Bonchev–Trinajstić information content (AvgIpc) is 2.47. The molecule has 0 aliphatic carbocycles. The Hall–Kier alpha value is -2.26. The number of benzene rings is 2. The number of carbonyl (C=O) groups excluding carboxylic acids is 2. The van der Waals surface area contributed by atoms with Crippen LogP contribution in [0.4, 0.5) is 0 Å². The monoisotopic (exact) mass is 240 g/mol. The quantitative estimate of drug-likeness (QED) is 0.835. The summed E-state index contributed by atoms with van der Waals surface area (Å²) < 4.78 is 0. The summed E-state index contributed by atoms with van der Waals surface area (Å²) in [5.41, 5.74) is 2.56. The number of carbonyl (C=O) groups is 2. The number of aliphatic hydroxyl groups excluding tert-OH is 1. The molecule has 90 valence electrons. The Balaban J connectivity index is 2.25. The predicted molar refractivity (Wildman–Crippen MR) is 67.7 cm³/mol. The minimum absolute atomic E-state index is 0.572. The minimum Gasteiger partial charge on any atom is -0.384 e. The standard InChI is InChI=1S/C15H12O3/c16-9-11-1-5-13(6-2-11)15(18)14-7-3-12(10-17)4-8-14/h1-10,15,18H. The van der Waals surface area contributed by atoms with E-state index < -0.39 is 6.10 Å². The normalized spacial score (nSPS) is 10.3. The van der Waals surface area contributed by atoms with Gasteiger partial charge in [0.1, 0.15) is 18.7 Å². The highest BCUT2D eigenvalue weighted by molar-refractivity contribution is 5.75. The second-order valence-corrected chi connectivity index (χ2v) is 3.97. The van der Waals surface area contributed by atoms with Crippen LogP contribution < -0.4 is 0 Å². The van der Waals surface area contributed by atoms with E-state index in [-0.39, 0.29) is 0 Å². The summed E-state index contributed by atoms with van der Waals surface area (Å²) in [6.07, 6.45) is 0.760. The van der Waals surface area contributed by atoms with Gasteiger partial charge in [0.15, 0.2) is 0 Å². The summed E-state index contributed by atoms with van der Waals surface area (Å²) in [6.45, 7) is 0. The molecule has 0 aliphatic rings. The number of hydrogen-bond acceptors (Lipinski definition) is 3. The Morgan fingerprint density at radius 2 is 1.06 bits per heavy atom. The van der Waals surface area contributed by atoms with Crippen LogP contribution in [0.2, 0.25) is 0 Å². The van der Waals surface area contributed by atoms with Crippen LogP contribution in [0.5, 0.6) is 0 Å². The lowest BCUT2D eigenvalue weighted by molar-refractivity contribution is 0.111. The first kappa shape index (κ1) is 12.2. The third kappa shape index (κ3) is 2.52. The molecule has 2 aromatic rings. The van der Waals surface area contributed by atoms with E-state index in [9.17, 15) is 14.7 Å². The van der Waals surface area contributed by atoms with Gasteiger partial charge >= 0.3 is 0 Å². The first-order valence-electron chi connectivity index (χ1n) is 5.53. The molecule has 0 aromatic heterocycles. The van der Waals surface area contributed by atoms with Crippen LogP contribution in [0.1, 0.15) is 37.9 Å². The van der Waals surface area contributed by atoms with Crippen LogP contribution in [-0.4, -0.2) is 17.7 Å². The van der Waals surface area contributed by atoms with Gasteiger partial charge in [0, 0.05) is 11.1 Å². The summed E-state index contributed by atoms with van der Waals surface area (Å²) in [5, 5.41) is 10.1. The van der Waals surface area contributed by atoms with E-state index in [2.05, 4.69) is 0 Å². The number of aldehydes is 2. The van der Waals surface area contributed by atoms with Gasteiger partial charge in [-0.1, -0.05) is 48.5 Å². The largest absolute Gasteiger partial charge is 0.384 e. The van der Waals surface area contributed by atoms with Gasteiger partial charge in [-0.15, -0.1) is 0 Å². The van der Waals surface area contributed by atoms with Gasteiger partial charge in [0.05, 0.1) is 0 Å². The van der Waals surface area contributed by atoms with Gasteiger partial charge < -0.3 is 5.11 Å². The summed E-state index contributed by atoms with van der Waals surface area (Å²) >= 11 is 0. The first-order chi connectivity index (χ1) is 8.74. The lowest BCUT2D eigenvalue weighted by Crippen LogP contribution is -1.99. The first-order valence-corrected chi connectivity index (χ1v) is 5.53. The van der Waals surface area contributed by atoms with E-state index in [0.717, 1.165) is 12.6 Å². The molecule has 0 saturated carbocycles. The van der Waals surface area contributed by atoms with Crippen LogP contribution in [-0.2, 0) is 0 Å². The molecule has 3 nitrogen and oxygen atoms in total. The van der Waals surface area contributed by atoms with Crippen LogP contribution in [0.15, 0.2) is 48.5 Å². The fourth-order valence-electron chi connectivity index (χ4n) is 1.71. The zero-order valence-electron chi connectivity index (χ0n) is 9.61. The molecule has 18 heavy (non-hydrogen) atoms. The molecule has 3 heteroatoms. The van der Waals surface area contributed by atoms with Gasteiger partial charge in [0.2, 0.25) is 0 Å². The van der Waals surface area contributed by atoms with Crippen molar-refractivity contribution in [1.29, 1.82) is 0 Å². The Morgan fingerprint density at radius 3 is 1.33 bits per heavy atom. The van der Waals surface area contributed by atoms with Crippen molar-refractivity contribution in [3.05, 3.63) is 70.8 Å². The molecule has 0 radical (unpaired) electrons. The maximum absolute atomic E-state index is 10.5. The average molecular weight is 240 g/mol. The van der Waals surface area contributed by atoms with E-state index in [1.807, 2.05) is 0 Å². The summed E-state index contributed by atoms with van der Waals surface area (Å²) in [5.74, 6) is 0. The lowest BCUT2D eigenvalue weighted by Gasteiger charge is -2.11. The Labute approximate surface area is 105 Å². The van der Waals surface area contributed by atoms with Crippen molar-refractivity contribution in [2.75, 3.05) is 0 Å². The van der Waals surface area contributed by atoms with Crippen molar-refractivity contribution < 1.29 is 14.7 Å². The Kier molecular flexibility index (Phi) is 3.65. The molecule has 0 heterocycles. The smallest absolute Gasteiger partial charge is 0.150 e. The minimum atomic E-state index is -0.758. The molecule has 1 N–H and O–H groups in total. The van der Waals surface area contributed by atoms with Crippen molar-refractivity contribution in [2.45, 2.75) is 6.10 Å². The Morgan fingerprint density at radius 1 is 0.722 bits per heavy atom. The van der Waals surface area contributed by atoms with Crippen LogP contribution in [0.25, 0.3) is 0 Å². The molecule has 0 atom stereocenters. The zero-order valence-corrected chi connectivity index (χ0v) is 9.61. The molecule has 2 rings (SSSR count). The molecular formula is C15H12O3. The fourth-order valence-corrected chi connectivity index (χ4v) is 1.71. The number of rotatable bonds is 4. The lowest BCUT2D eigenvalue weighted by atomic mass is 10.00. The van der Waals surface area contributed by atoms with Crippen LogP contribution >= 0.6 is 0 Å². The van der Waals surface area contributed by atoms with Crippen molar-refractivity contribution in [3.8, 4) is 0 Å². The van der Waals surface area contributed by atoms with Crippen molar-refractivity contribution in [3.63, 3.8) is 0 Å². The van der Waals surface area contributed by atoms with Gasteiger partial charge in [-0.2, -0.15) is 0 Å². The zero-order chi connectivity index (χ0) is 13.0. The van der Waals surface area contributed by atoms with E-state index in [4.69, 9.17) is 0 Å². The van der Waals surface area contributed by atoms with Crippen molar-refractivity contribution in [1.82, 2.24) is 0 Å². The second-order valence-electron chi connectivity index (χ2n) is 3.97. The molecule has 0 spiro atoms. The summed E-state index contributed by atoms with van der Waals surface area (Å²) in [7, 11) is 0. The number of hydrogen-bond donors (Lipinski definition) is 1. The highest BCUT2D eigenvalue weighted by atomic mass is 16.3.